The van der Waals surface area contributed by atoms with E-state index in [1.54, 1.807) is 7.11 Å². The van der Waals surface area contributed by atoms with Gasteiger partial charge in [-0.15, -0.1) is 0 Å². The molecule has 0 aliphatic heterocycles. The van der Waals surface area contributed by atoms with Gasteiger partial charge < -0.3 is 15.5 Å². The van der Waals surface area contributed by atoms with Crippen molar-refractivity contribution in [3.63, 3.8) is 0 Å². The van der Waals surface area contributed by atoms with E-state index in [0.717, 1.165) is 51.6 Å². The molecular weight excluding hydrogens is 423 g/mol. The molecule has 0 fully saturated rings. The molecule has 1 heterocycles. The number of methoxy groups -OCH3 is 1. The smallest absolute Gasteiger partial charge is 0.128 e. The molecular formula is C19H19BrCl2N2O. The highest BCUT2D eigenvalue weighted by molar-refractivity contribution is 9.10. The largest absolute Gasteiger partial charge is 0.496 e. The van der Waals surface area contributed by atoms with Crippen molar-refractivity contribution in [2.45, 2.75) is 19.3 Å². The summed E-state index contributed by atoms with van der Waals surface area (Å²) in [5.74, 6) is 0.770. The van der Waals surface area contributed by atoms with Crippen LogP contribution in [-0.2, 0) is 6.42 Å². The van der Waals surface area contributed by atoms with Gasteiger partial charge >= 0.3 is 0 Å². The van der Waals surface area contributed by atoms with Gasteiger partial charge in [0.25, 0.3) is 0 Å². The number of aromatic nitrogens is 1. The van der Waals surface area contributed by atoms with Crippen LogP contribution in [0.3, 0.4) is 0 Å². The Morgan fingerprint density at radius 3 is 2.68 bits per heavy atom. The normalized spacial score (nSPS) is 11.2. The van der Waals surface area contributed by atoms with Crippen LogP contribution in [0.1, 0.15) is 18.4 Å². The number of benzene rings is 2. The Kier molecular flexibility index (Phi) is 5.95. The maximum absolute atomic E-state index is 6.46. The van der Waals surface area contributed by atoms with Gasteiger partial charge in [-0.05, 0) is 61.7 Å². The number of H-pyrrole nitrogens is 1. The number of nitrogens with one attached hydrogen (secondary N) is 1. The van der Waals surface area contributed by atoms with Crippen LogP contribution in [0.4, 0.5) is 0 Å². The van der Waals surface area contributed by atoms with E-state index in [1.807, 2.05) is 24.3 Å². The Morgan fingerprint density at radius 2 is 1.96 bits per heavy atom. The van der Waals surface area contributed by atoms with Gasteiger partial charge in [-0.2, -0.15) is 0 Å². The highest BCUT2D eigenvalue weighted by atomic mass is 79.9. The molecule has 0 spiro atoms. The predicted octanol–water partition coefficient (Wildman–Crippen LogP) is 6.19. The SMILES string of the molecule is COc1ccc(Cl)cc1-c1[nH]c2c(Cl)cc(Br)cc2c1CCCCN. The van der Waals surface area contributed by atoms with Gasteiger partial charge in [0.05, 0.1) is 23.3 Å². The van der Waals surface area contributed by atoms with E-state index in [1.165, 1.54) is 5.56 Å². The molecule has 0 bridgehead atoms. The first kappa shape index (κ1) is 18.6. The van der Waals surface area contributed by atoms with Gasteiger partial charge in [-0.25, -0.2) is 0 Å². The molecule has 0 atom stereocenters. The number of hydrogen-bond acceptors (Lipinski definition) is 2. The third-order valence-electron chi connectivity index (χ3n) is 4.24. The van der Waals surface area contributed by atoms with Crippen molar-refractivity contribution in [2.24, 2.45) is 5.73 Å². The molecule has 1 aromatic heterocycles. The molecule has 25 heavy (non-hydrogen) atoms. The number of fused-ring (bicyclic) bond motifs is 1. The maximum Gasteiger partial charge on any atom is 0.128 e. The second kappa shape index (κ2) is 8.00. The molecule has 3 rings (SSSR count). The van der Waals surface area contributed by atoms with E-state index in [4.69, 9.17) is 33.7 Å². The first-order valence-corrected chi connectivity index (χ1v) is 9.63. The second-order valence-corrected chi connectivity index (χ2v) is 7.64. The number of hydrogen-bond donors (Lipinski definition) is 2. The molecule has 0 amide bonds. The summed E-state index contributed by atoms with van der Waals surface area (Å²) in [5, 5.41) is 2.44. The summed E-state index contributed by atoms with van der Waals surface area (Å²) in [7, 11) is 1.66. The zero-order valence-electron chi connectivity index (χ0n) is 13.8. The highest BCUT2D eigenvalue weighted by Gasteiger charge is 2.18. The molecule has 0 aliphatic rings. The van der Waals surface area contributed by atoms with Crippen molar-refractivity contribution >= 4 is 50.0 Å². The molecule has 0 radical (unpaired) electrons. The first-order valence-electron chi connectivity index (χ1n) is 8.08. The summed E-state index contributed by atoms with van der Waals surface area (Å²) >= 11 is 16.2. The van der Waals surface area contributed by atoms with Crippen LogP contribution in [0.5, 0.6) is 5.75 Å². The topological polar surface area (TPSA) is 51.0 Å². The summed E-state index contributed by atoms with van der Waals surface area (Å²) in [4.78, 5) is 3.48. The van der Waals surface area contributed by atoms with Crippen molar-refractivity contribution < 1.29 is 4.74 Å². The van der Waals surface area contributed by atoms with E-state index in [2.05, 4.69) is 27.0 Å². The average Bonchev–Trinajstić information content (AvgIpc) is 2.94. The highest BCUT2D eigenvalue weighted by Crippen LogP contribution is 2.40. The summed E-state index contributed by atoms with van der Waals surface area (Å²) < 4.78 is 6.50. The van der Waals surface area contributed by atoms with Gasteiger partial charge in [0.1, 0.15) is 5.75 Å². The second-order valence-electron chi connectivity index (χ2n) is 5.88. The van der Waals surface area contributed by atoms with Crippen molar-refractivity contribution in [1.29, 1.82) is 0 Å². The van der Waals surface area contributed by atoms with Gasteiger partial charge in [-0.1, -0.05) is 39.1 Å². The summed E-state index contributed by atoms with van der Waals surface area (Å²) in [5.41, 5.74) is 9.72. The Morgan fingerprint density at radius 1 is 1.16 bits per heavy atom. The first-order chi connectivity index (χ1) is 12.0. The van der Waals surface area contributed by atoms with Crippen LogP contribution in [0, 0.1) is 0 Å². The molecule has 3 nitrogen and oxygen atoms in total. The summed E-state index contributed by atoms with van der Waals surface area (Å²) in [6.07, 6.45) is 2.87. The van der Waals surface area contributed by atoms with E-state index in [-0.39, 0.29) is 0 Å². The van der Waals surface area contributed by atoms with E-state index < -0.39 is 0 Å². The number of halogens is 3. The zero-order chi connectivity index (χ0) is 18.0. The van der Waals surface area contributed by atoms with E-state index in [0.29, 0.717) is 16.6 Å². The van der Waals surface area contributed by atoms with E-state index in [9.17, 15) is 0 Å². The van der Waals surface area contributed by atoms with Crippen LogP contribution in [0.25, 0.3) is 22.2 Å². The number of ether oxygens (including phenoxy) is 1. The Hall–Kier alpha value is -1.20. The summed E-state index contributed by atoms with van der Waals surface area (Å²) in [6, 6.07) is 9.61. The third kappa shape index (κ3) is 3.82. The Labute approximate surface area is 165 Å². The average molecular weight is 442 g/mol. The standard InChI is InChI=1S/C19H19BrCl2N2O/c1-25-17-6-5-12(21)10-15(17)18-13(4-2-3-7-23)14-8-11(20)9-16(22)19(14)24-18/h5-6,8-10,24H,2-4,7,23H2,1H3. The lowest BCUT2D eigenvalue weighted by Gasteiger charge is -2.10. The van der Waals surface area contributed by atoms with Crippen LogP contribution >= 0.6 is 39.1 Å². The van der Waals surface area contributed by atoms with Crippen LogP contribution in [-0.4, -0.2) is 18.6 Å². The number of unbranched alkanes of at least 4 members (excludes halogenated alkanes) is 1. The molecule has 0 saturated carbocycles. The molecule has 3 aromatic rings. The molecule has 0 saturated heterocycles. The fourth-order valence-corrected chi connectivity index (χ4v) is 4.11. The Bertz CT molecular complexity index is 908. The van der Waals surface area contributed by atoms with Crippen molar-refractivity contribution in [2.75, 3.05) is 13.7 Å². The van der Waals surface area contributed by atoms with Gasteiger partial charge in [0.2, 0.25) is 0 Å². The Balaban J connectivity index is 2.25. The fraction of sp³-hybridized carbons (Fsp3) is 0.263. The number of aromatic amines is 1. The van der Waals surface area contributed by atoms with Gasteiger partial charge in [0.15, 0.2) is 0 Å². The third-order valence-corrected chi connectivity index (χ3v) is 5.23. The maximum atomic E-state index is 6.46. The van der Waals surface area contributed by atoms with Crippen molar-refractivity contribution in [1.82, 2.24) is 4.98 Å². The lowest BCUT2D eigenvalue weighted by molar-refractivity contribution is 0.416. The lowest BCUT2D eigenvalue weighted by atomic mass is 9.99. The predicted molar refractivity (Wildman–Crippen MR) is 110 cm³/mol. The van der Waals surface area contributed by atoms with Crippen LogP contribution in [0.15, 0.2) is 34.8 Å². The summed E-state index contributed by atoms with van der Waals surface area (Å²) in [6.45, 7) is 0.683. The molecule has 132 valence electrons. The van der Waals surface area contributed by atoms with Crippen molar-refractivity contribution in [3.05, 3.63) is 50.4 Å². The minimum Gasteiger partial charge on any atom is -0.496 e. The minimum absolute atomic E-state index is 0.662. The number of nitrogens with two attached hydrogens (primary N) is 1. The number of rotatable bonds is 6. The lowest BCUT2D eigenvalue weighted by Crippen LogP contribution is -1.99. The quantitative estimate of drug-likeness (QED) is 0.447. The molecule has 6 heteroatoms. The zero-order valence-corrected chi connectivity index (χ0v) is 16.9. The van der Waals surface area contributed by atoms with Crippen molar-refractivity contribution in [3.8, 4) is 17.0 Å². The molecule has 0 unspecified atom stereocenters. The monoisotopic (exact) mass is 440 g/mol. The van der Waals surface area contributed by atoms with Gasteiger partial charge in [0, 0.05) is 20.4 Å². The van der Waals surface area contributed by atoms with E-state index >= 15 is 0 Å². The number of aryl methyl sites for hydroxylation is 1. The molecule has 0 aliphatic carbocycles. The minimum atomic E-state index is 0.662. The molecule has 2 aromatic carbocycles. The van der Waals surface area contributed by atoms with Gasteiger partial charge in [-0.3, -0.25) is 0 Å². The fourth-order valence-electron chi connectivity index (χ4n) is 3.09. The van der Waals surface area contributed by atoms with Crippen LogP contribution < -0.4 is 10.5 Å². The molecule has 3 N–H and O–H groups in total. The van der Waals surface area contributed by atoms with Crippen LogP contribution in [0.2, 0.25) is 10.0 Å².